The fourth-order valence-corrected chi connectivity index (χ4v) is 3.08. The van der Waals surface area contributed by atoms with Crippen LogP contribution >= 0.6 is 0 Å². The zero-order chi connectivity index (χ0) is 21.6. The fourth-order valence-electron chi connectivity index (χ4n) is 3.08. The topological polar surface area (TPSA) is 80.7 Å². The minimum absolute atomic E-state index is 0.0579. The van der Waals surface area contributed by atoms with Crippen molar-refractivity contribution < 1.29 is 24.2 Å². The molecule has 0 aromatic heterocycles. The minimum atomic E-state index is -1.03. The number of carbonyl (C=O) groups excluding carboxylic acids is 2. The maximum atomic E-state index is 11.7. The highest BCUT2D eigenvalue weighted by Crippen LogP contribution is 2.10. The number of carbonyl (C=O) groups is 3. The first-order chi connectivity index (χ1) is 14.1. The summed E-state index contributed by atoms with van der Waals surface area (Å²) in [7, 11) is 0. The SMILES string of the molecule is CCCCCCCC/C=C\CCCCCCCC(=O)CCOC(=O)CCC(=O)O. The van der Waals surface area contributed by atoms with Crippen LogP contribution in [0.1, 0.15) is 116 Å². The molecule has 0 aromatic carbocycles. The van der Waals surface area contributed by atoms with Crippen molar-refractivity contribution in [1.29, 1.82) is 0 Å². The van der Waals surface area contributed by atoms with Crippen LogP contribution in [0.2, 0.25) is 0 Å². The Hall–Kier alpha value is -1.65. The first-order valence-corrected chi connectivity index (χ1v) is 11.6. The predicted molar refractivity (Wildman–Crippen MR) is 117 cm³/mol. The molecule has 5 nitrogen and oxygen atoms in total. The predicted octanol–water partition coefficient (Wildman–Crippen LogP) is 6.39. The van der Waals surface area contributed by atoms with Gasteiger partial charge >= 0.3 is 11.9 Å². The van der Waals surface area contributed by atoms with Gasteiger partial charge in [-0.1, -0.05) is 70.4 Å². The third-order valence-electron chi connectivity index (χ3n) is 4.90. The number of hydrogen-bond acceptors (Lipinski definition) is 4. The van der Waals surface area contributed by atoms with Gasteiger partial charge in [-0.3, -0.25) is 14.4 Å². The molecule has 0 unspecified atom stereocenters. The van der Waals surface area contributed by atoms with Gasteiger partial charge in [-0.25, -0.2) is 0 Å². The molecule has 0 rings (SSSR count). The number of carboxylic acid groups (broad SMARTS) is 1. The zero-order valence-electron chi connectivity index (χ0n) is 18.5. The van der Waals surface area contributed by atoms with Crippen molar-refractivity contribution in [3.05, 3.63) is 12.2 Å². The summed E-state index contributed by atoms with van der Waals surface area (Å²) < 4.78 is 4.86. The Balaban J connectivity index is 3.33. The molecule has 0 amide bonds. The van der Waals surface area contributed by atoms with Crippen LogP contribution in [0.15, 0.2) is 12.2 Å². The third kappa shape index (κ3) is 22.5. The van der Waals surface area contributed by atoms with Crippen molar-refractivity contribution in [2.24, 2.45) is 0 Å². The van der Waals surface area contributed by atoms with Gasteiger partial charge in [0.1, 0.15) is 5.78 Å². The molecule has 0 spiro atoms. The second-order valence-corrected chi connectivity index (χ2v) is 7.74. The quantitative estimate of drug-likeness (QED) is 0.135. The van der Waals surface area contributed by atoms with Crippen molar-refractivity contribution in [3.8, 4) is 0 Å². The molecule has 0 radical (unpaired) electrons. The fraction of sp³-hybridized carbons (Fsp3) is 0.792. The molecule has 0 fully saturated rings. The first-order valence-electron chi connectivity index (χ1n) is 11.6. The molecule has 0 bridgehead atoms. The highest BCUT2D eigenvalue weighted by atomic mass is 16.5. The molecule has 168 valence electrons. The van der Waals surface area contributed by atoms with Gasteiger partial charge in [-0.2, -0.15) is 0 Å². The molecule has 0 saturated heterocycles. The average molecular weight is 411 g/mol. The number of ether oxygens (including phenoxy) is 1. The van der Waals surface area contributed by atoms with Crippen molar-refractivity contribution in [3.63, 3.8) is 0 Å². The van der Waals surface area contributed by atoms with Crippen molar-refractivity contribution in [2.75, 3.05) is 6.61 Å². The normalized spacial score (nSPS) is 11.1. The van der Waals surface area contributed by atoms with E-state index >= 15 is 0 Å². The van der Waals surface area contributed by atoms with E-state index in [0.717, 1.165) is 25.7 Å². The molecule has 0 atom stereocenters. The number of ketones is 1. The lowest BCUT2D eigenvalue weighted by atomic mass is 10.1. The molecule has 0 heterocycles. The lowest BCUT2D eigenvalue weighted by molar-refractivity contribution is -0.148. The molecular formula is C24H42O5. The lowest BCUT2D eigenvalue weighted by Gasteiger charge is -2.04. The van der Waals surface area contributed by atoms with E-state index in [1.54, 1.807) is 0 Å². The van der Waals surface area contributed by atoms with Crippen LogP contribution in [0.25, 0.3) is 0 Å². The molecule has 0 aromatic rings. The summed E-state index contributed by atoms with van der Waals surface area (Å²) in [4.78, 5) is 33.3. The van der Waals surface area contributed by atoms with E-state index < -0.39 is 11.9 Å². The molecule has 5 heteroatoms. The van der Waals surface area contributed by atoms with Crippen LogP contribution in [-0.2, 0) is 19.1 Å². The summed E-state index contributed by atoms with van der Waals surface area (Å²) in [5, 5.41) is 8.47. The van der Waals surface area contributed by atoms with Gasteiger partial charge in [0.15, 0.2) is 0 Å². The Labute approximate surface area is 177 Å². The van der Waals surface area contributed by atoms with Crippen molar-refractivity contribution in [2.45, 2.75) is 116 Å². The average Bonchev–Trinajstić information content (AvgIpc) is 2.69. The second-order valence-electron chi connectivity index (χ2n) is 7.74. The smallest absolute Gasteiger partial charge is 0.306 e. The number of rotatable bonds is 21. The molecule has 29 heavy (non-hydrogen) atoms. The number of Topliss-reactive ketones (excluding diaryl/α,β-unsaturated/α-hetero) is 1. The van der Waals surface area contributed by atoms with Crippen LogP contribution < -0.4 is 0 Å². The summed E-state index contributed by atoms with van der Waals surface area (Å²) in [6.45, 7) is 2.31. The molecule has 1 N–H and O–H groups in total. The number of aliphatic carboxylic acids is 1. The van der Waals surface area contributed by atoms with E-state index in [1.807, 2.05) is 0 Å². The monoisotopic (exact) mass is 410 g/mol. The number of carboxylic acids is 1. The van der Waals surface area contributed by atoms with Crippen LogP contribution in [0.4, 0.5) is 0 Å². The number of allylic oxidation sites excluding steroid dienone is 2. The number of hydrogen-bond donors (Lipinski definition) is 1. The van der Waals surface area contributed by atoms with E-state index in [2.05, 4.69) is 19.1 Å². The van der Waals surface area contributed by atoms with E-state index in [9.17, 15) is 14.4 Å². The van der Waals surface area contributed by atoms with E-state index in [0.29, 0.717) is 6.42 Å². The highest BCUT2D eigenvalue weighted by Gasteiger charge is 2.08. The maximum Gasteiger partial charge on any atom is 0.306 e. The maximum absolute atomic E-state index is 11.7. The van der Waals surface area contributed by atoms with Gasteiger partial charge in [-0.15, -0.1) is 0 Å². The lowest BCUT2D eigenvalue weighted by Crippen LogP contribution is -2.11. The summed E-state index contributed by atoms with van der Waals surface area (Å²) in [5.41, 5.74) is 0. The molecular weight excluding hydrogens is 368 g/mol. The van der Waals surface area contributed by atoms with Crippen LogP contribution in [0.3, 0.4) is 0 Å². The van der Waals surface area contributed by atoms with E-state index in [1.165, 1.54) is 57.8 Å². The van der Waals surface area contributed by atoms with Gasteiger partial charge in [0.2, 0.25) is 0 Å². The Morgan fingerprint density at radius 1 is 0.690 bits per heavy atom. The summed E-state index contributed by atoms with van der Waals surface area (Å²) in [5.74, 6) is -1.47. The van der Waals surface area contributed by atoms with Gasteiger partial charge in [0, 0.05) is 12.8 Å². The van der Waals surface area contributed by atoms with Crippen molar-refractivity contribution in [1.82, 2.24) is 0 Å². The van der Waals surface area contributed by atoms with Crippen LogP contribution in [0, 0.1) is 0 Å². The van der Waals surface area contributed by atoms with Gasteiger partial charge in [0.25, 0.3) is 0 Å². The number of esters is 1. The Morgan fingerprint density at radius 2 is 1.24 bits per heavy atom. The van der Waals surface area contributed by atoms with E-state index in [-0.39, 0.29) is 31.7 Å². The second kappa shape index (κ2) is 21.1. The van der Waals surface area contributed by atoms with Gasteiger partial charge in [0.05, 0.1) is 19.4 Å². The first kappa shape index (κ1) is 27.4. The standard InChI is InChI=1S/C24H42O5/c1-2-3-4-5-6-7-8-9-10-11-12-13-14-15-16-17-22(25)20-21-29-24(28)19-18-23(26)27/h9-10H,2-8,11-21H2,1H3,(H,26,27)/b10-9-. The highest BCUT2D eigenvalue weighted by molar-refractivity contribution is 5.79. The van der Waals surface area contributed by atoms with E-state index in [4.69, 9.17) is 9.84 Å². The largest absolute Gasteiger partial charge is 0.481 e. The number of unbranched alkanes of at least 4 members (excludes halogenated alkanes) is 11. The Morgan fingerprint density at radius 3 is 1.83 bits per heavy atom. The zero-order valence-corrected chi connectivity index (χ0v) is 18.5. The van der Waals surface area contributed by atoms with Gasteiger partial charge < -0.3 is 9.84 Å². The molecule has 0 aliphatic rings. The van der Waals surface area contributed by atoms with Crippen molar-refractivity contribution >= 4 is 17.7 Å². The third-order valence-corrected chi connectivity index (χ3v) is 4.90. The summed E-state index contributed by atoms with van der Waals surface area (Å²) in [6.07, 6.45) is 21.0. The molecule has 0 saturated carbocycles. The summed E-state index contributed by atoms with van der Waals surface area (Å²) in [6, 6.07) is 0. The Bertz CT molecular complexity index is 456. The minimum Gasteiger partial charge on any atom is -0.481 e. The molecule has 0 aliphatic carbocycles. The van der Waals surface area contributed by atoms with Gasteiger partial charge in [-0.05, 0) is 32.1 Å². The van der Waals surface area contributed by atoms with Crippen LogP contribution in [-0.4, -0.2) is 29.4 Å². The van der Waals surface area contributed by atoms with Crippen LogP contribution in [0.5, 0.6) is 0 Å². The molecule has 0 aliphatic heterocycles. The Kier molecular flexibility index (Phi) is 19.9. The summed E-state index contributed by atoms with van der Waals surface area (Å²) >= 11 is 0.